The van der Waals surface area contributed by atoms with Gasteiger partial charge in [-0.2, -0.15) is 0 Å². The maximum Gasteiger partial charge on any atom is 0.261 e. The van der Waals surface area contributed by atoms with Crippen LogP contribution in [0, 0.1) is 20.8 Å². The van der Waals surface area contributed by atoms with E-state index in [1.807, 2.05) is 39.0 Å². The fourth-order valence-corrected chi connectivity index (χ4v) is 3.38. The van der Waals surface area contributed by atoms with Crippen LogP contribution in [-0.4, -0.2) is 8.42 Å². The van der Waals surface area contributed by atoms with Crippen molar-refractivity contribution in [2.75, 3.05) is 4.72 Å². The molecule has 0 bridgehead atoms. The lowest BCUT2D eigenvalue weighted by molar-refractivity contribution is 0.601. The molecule has 1 N–H and O–H groups in total. The molecule has 0 saturated heterocycles. The summed E-state index contributed by atoms with van der Waals surface area (Å²) in [4.78, 5) is 0.274. The van der Waals surface area contributed by atoms with E-state index in [-0.39, 0.29) is 4.90 Å². The Bertz CT molecular complexity index is 731. The highest BCUT2D eigenvalue weighted by molar-refractivity contribution is 9.10. The highest BCUT2D eigenvalue weighted by Crippen LogP contribution is 2.26. The van der Waals surface area contributed by atoms with Crippen molar-refractivity contribution >= 4 is 31.6 Å². The van der Waals surface area contributed by atoms with E-state index < -0.39 is 10.0 Å². The number of rotatable bonds is 3. The molecule has 0 fully saturated rings. The summed E-state index contributed by atoms with van der Waals surface area (Å²) < 4.78 is 28.3. The normalized spacial score (nSPS) is 11.4. The van der Waals surface area contributed by atoms with Crippen LogP contribution in [0.1, 0.15) is 16.7 Å². The van der Waals surface area contributed by atoms with Gasteiger partial charge in [0.1, 0.15) is 0 Å². The molecule has 2 aromatic rings. The number of aryl methyl sites for hydroxylation is 3. The molecule has 2 aromatic carbocycles. The molecule has 0 aliphatic rings. The Hall–Kier alpha value is -1.33. The minimum Gasteiger partial charge on any atom is -0.280 e. The fourth-order valence-electron chi connectivity index (χ4n) is 2.00. The maximum atomic E-state index is 12.3. The molecule has 0 aliphatic heterocycles. The molecule has 5 heteroatoms. The van der Waals surface area contributed by atoms with Crippen molar-refractivity contribution in [2.24, 2.45) is 0 Å². The topological polar surface area (TPSA) is 46.2 Å². The predicted molar refractivity (Wildman–Crippen MR) is 85.6 cm³/mol. The molecule has 3 nitrogen and oxygen atoms in total. The summed E-state index contributed by atoms with van der Waals surface area (Å²) in [5, 5.41) is 0. The third-order valence-electron chi connectivity index (χ3n) is 2.99. The molecule has 0 aliphatic carbocycles. The first-order valence-corrected chi connectivity index (χ1v) is 8.43. The molecular weight excluding hydrogens is 338 g/mol. The summed E-state index contributed by atoms with van der Waals surface area (Å²) in [5.41, 5.74) is 3.47. The third kappa shape index (κ3) is 3.22. The lowest BCUT2D eigenvalue weighted by Crippen LogP contribution is -2.13. The van der Waals surface area contributed by atoms with Gasteiger partial charge in [-0.25, -0.2) is 8.42 Å². The van der Waals surface area contributed by atoms with Crippen LogP contribution < -0.4 is 4.72 Å². The van der Waals surface area contributed by atoms with Gasteiger partial charge < -0.3 is 0 Å². The predicted octanol–water partition coefficient (Wildman–Crippen LogP) is 4.18. The summed E-state index contributed by atoms with van der Waals surface area (Å²) in [6.45, 7) is 5.73. The fraction of sp³-hybridized carbons (Fsp3) is 0.200. The first-order chi connectivity index (χ1) is 9.29. The molecule has 0 unspecified atom stereocenters. The maximum absolute atomic E-state index is 12.3. The highest BCUT2D eigenvalue weighted by atomic mass is 79.9. The number of halogens is 1. The number of hydrogen-bond acceptors (Lipinski definition) is 2. The van der Waals surface area contributed by atoms with E-state index >= 15 is 0 Å². The summed E-state index contributed by atoms with van der Waals surface area (Å²) in [6.07, 6.45) is 0. The van der Waals surface area contributed by atoms with Crippen LogP contribution in [0.4, 0.5) is 5.69 Å². The second kappa shape index (κ2) is 5.58. The molecule has 20 heavy (non-hydrogen) atoms. The van der Waals surface area contributed by atoms with Crippen molar-refractivity contribution < 1.29 is 8.42 Å². The van der Waals surface area contributed by atoms with Crippen molar-refractivity contribution in [1.82, 2.24) is 0 Å². The first-order valence-electron chi connectivity index (χ1n) is 6.16. The van der Waals surface area contributed by atoms with Crippen LogP contribution in [-0.2, 0) is 10.0 Å². The Morgan fingerprint density at radius 2 is 1.60 bits per heavy atom. The lowest BCUT2D eigenvalue weighted by atomic mass is 10.1. The molecular formula is C15H16BrNO2S. The van der Waals surface area contributed by atoms with E-state index in [0.717, 1.165) is 21.2 Å². The quantitative estimate of drug-likeness (QED) is 0.899. The van der Waals surface area contributed by atoms with Crippen molar-refractivity contribution in [2.45, 2.75) is 25.7 Å². The van der Waals surface area contributed by atoms with E-state index in [4.69, 9.17) is 0 Å². The van der Waals surface area contributed by atoms with Gasteiger partial charge in [-0.15, -0.1) is 0 Å². The van der Waals surface area contributed by atoms with Crippen LogP contribution in [0.25, 0.3) is 0 Å². The largest absolute Gasteiger partial charge is 0.280 e. The van der Waals surface area contributed by atoms with Crippen LogP contribution in [0.5, 0.6) is 0 Å². The van der Waals surface area contributed by atoms with Gasteiger partial charge in [0.05, 0.1) is 4.90 Å². The van der Waals surface area contributed by atoms with Crippen molar-refractivity contribution in [1.29, 1.82) is 0 Å². The Balaban J connectivity index is 2.38. The molecule has 106 valence electrons. The van der Waals surface area contributed by atoms with Crippen molar-refractivity contribution in [3.8, 4) is 0 Å². The van der Waals surface area contributed by atoms with E-state index in [9.17, 15) is 8.42 Å². The summed E-state index contributed by atoms with van der Waals surface area (Å²) >= 11 is 3.47. The molecule has 0 aromatic heterocycles. The summed E-state index contributed by atoms with van der Waals surface area (Å²) in [7, 11) is -3.55. The minimum absolute atomic E-state index is 0.274. The van der Waals surface area contributed by atoms with Gasteiger partial charge in [-0.3, -0.25) is 4.72 Å². The Morgan fingerprint density at radius 1 is 1.00 bits per heavy atom. The highest BCUT2D eigenvalue weighted by Gasteiger charge is 2.15. The smallest absolute Gasteiger partial charge is 0.261 e. The number of hydrogen-bond donors (Lipinski definition) is 1. The second-order valence-electron chi connectivity index (χ2n) is 4.85. The third-order valence-corrected chi connectivity index (χ3v) is 5.62. The Kier molecular flexibility index (Phi) is 4.20. The van der Waals surface area contributed by atoms with Crippen LogP contribution in [0.15, 0.2) is 45.8 Å². The zero-order valence-corrected chi connectivity index (χ0v) is 14.0. The van der Waals surface area contributed by atoms with E-state index in [0.29, 0.717) is 5.69 Å². The van der Waals surface area contributed by atoms with Crippen molar-refractivity contribution in [3.63, 3.8) is 0 Å². The molecule has 0 radical (unpaired) electrons. The van der Waals surface area contributed by atoms with Gasteiger partial charge >= 0.3 is 0 Å². The van der Waals surface area contributed by atoms with E-state index in [2.05, 4.69) is 20.7 Å². The van der Waals surface area contributed by atoms with E-state index in [1.54, 1.807) is 18.2 Å². The van der Waals surface area contributed by atoms with Gasteiger partial charge in [-0.1, -0.05) is 28.1 Å². The standard InChI is InChI=1S/C15H16BrNO2S/c1-10-5-4-6-14(7-10)20(18,19)17-13-8-11(2)15(16)12(3)9-13/h4-9,17H,1-3H3. The molecule has 0 atom stereocenters. The van der Waals surface area contributed by atoms with Crippen LogP contribution >= 0.6 is 15.9 Å². The molecule has 0 spiro atoms. The van der Waals surface area contributed by atoms with Gasteiger partial charge in [0.25, 0.3) is 10.0 Å². The monoisotopic (exact) mass is 353 g/mol. The Morgan fingerprint density at radius 3 is 2.15 bits per heavy atom. The number of benzene rings is 2. The van der Waals surface area contributed by atoms with Crippen molar-refractivity contribution in [3.05, 3.63) is 57.6 Å². The lowest BCUT2D eigenvalue weighted by Gasteiger charge is -2.11. The molecule has 0 saturated carbocycles. The van der Waals surface area contributed by atoms with Gasteiger partial charge in [0.15, 0.2) is 0 Å². The van der Waals surface area contributed by atoms with Crippen LogP contribution in [0.3, 0.4) is 0 Å². The SMILES string of the molecule is Cc1cccc(S(=O)(=O)Nc2cc(C)c(Br)c(C)c2)c1. The number of nitrogens with one attached hydrogen (secondary N) is 1. The van der Waals surface area contributed by atoms with E-state index in [1.165, 1.54) is 0 Å². The summed E-state index contributed by atoms with van der Waals surface area (Å²) in [5.74, 6) is 0. The minimum atomic E-state index is -3.55. The number of anilines is 1. The zero-order chi connectivity index (χ0) is 14.9. The van der Waals surface area contributed by atoms with Gasteiger partial charge in [0, 0.05) is 10.2 Å². The van der Waals surface area contributed by atoms with Gasteiger partial charge in [-0.05, 0) is 61.7 Å². The van der Waals surface area contributed by atoms with Gasteiger partial charge in [0.2, 0.25) is 0 Å². The van der Waals surface area contributed by atoms with Crippen LogP contribution in [0.2, 0.25) is 0 Å². The molecule has 0 amide bonds. The second-order valence-corrected chi connectivity index (χ2v) is 7.32. The number of sulfonamides is 1. The summed E-state index contributed by atoms with van der Waals surface area (Å²) in [6, 6.07) is 10.5. The molecule has 2 rings (SSSR count). The first kappa shape index (κ1) is 15.1. The average molecular weight is 354 g/mol. The Labute approximate surface area is 128 Å². The average Bonchev–Trinajstić information content (AvgIpc) is 2.35. The molecule has 0 heterocycles. The zero-order valence-electron chi connectivity index (χ0n) is 11.6.